The van der Waals surface area contributed by atoms with Gasteiger partial charge in [-0.05, 0) is 46.3 Å². The van der Waals surface area contributed by atoms with Crippen LogP contribution in [0.15, 0.2) is 34.8 Å². The molecule has 0 saturated heterocycles. The van der Waals surface area contributed by atoms with Crippen LogP contribution in [0.25, 0.3) is 5.65 Å². The Morgan fingerprint density at radius 1 is 1.52 bits per heavy atom. The summed E-state index contributed by atoms with van der Waals surface area (Å²) in [6.07, 6.45) is 8.14. The zero-order valence-electron chi connectivity index (χ0n) is 11.5. The van der Waals surface area contributed by atoms with E-state index in [1.54, 1.807) is 0 Å². The van der Waals surface area contributed by atoms with E-state index in [2.05, 4.69) is 33.2 Å². The molecule has 1 fully saturated rings. The van der Waals surface area contributed by atoms with Gasteiger partial charge < -0.3 is 20.2 Å². The van der Waals surface area contributed by atoms with Gasteiger partial charge >= 0.3 is 0 Å². The molecule has 1 saturated carbocycles. The molecule has 0 aromatic carbocycles. The highest BCUT2D eigenvalue weighted by molar-refractivity contribution is 9.10. The van der Waals surface area contributed by atoms with Gasteiger partial charge in [0.25, 0.3) is 0 Å². The molecule has 0 atom stereocenters. The minimum absolute atomic E-state index is 0.213. The molecule has 1 aliphatic rings. The van der Waals surface area contributed by atoms with E-state index >= 15 is 0 Å². The van der Waals surface area contributed by atoms with Gasteiger partial charge in [0, 0.05) is 18.6 Å². The van der Waals surface area contributed by atoms with E-state index in [-0.39, 0.29) is 6.61 Å². The summed E-state index contributed by atoms with van der Waals surface area (Å²) < 4.78 is 3.02. The molecular formula is C14H18BrN5O. The summed E-state index contributed by atoms with van der Waals surface area (Å²) in [5.41, 5.74) is 8.92. The highest BCUT2D eigenvalue weighted by Crippen LogP contribution is 2.41. The smallest absolute Gasteiger partial charge is 0.151 e. The van der Waals surface area contributed by atoms with Crippen molar-refractivity contribution in [2.45, 2.75) is 25.3 Å². The molecule has 3 rings (SSSR count). The van der Waals surface area contributed by atoms with Crippen molar-refractivity contribution in [3.8, 4) is 0 Å². The Hall–Kier alpha value is -1.57. The molecule has 0 aliphatic heterocycles. The van der Waals surface area contributed by atoms with Crippen LogP contribution in [0.5, 0.6) is 0 Å². The predicted molar refractivity (Wildman–Crippen MR) is 84.0 cm³/mol. The third kappa shape index (κ3) is 3.20. The number of aliphatic hydroxyl groups is 1. The molecule has 0 bridgehead atoms. The first kappa shape index (κ1) is 14.4. The summed E-state index contributed by atoms with van der Waals surface area (Å²) in [7, 11) is 0. The molecular weight excluding hydrogens is 334 g/mol. The zero-order valence-corrected chi connectivity index (χ0v) is 13.1. The van der Waals surface area contributed by atoms with Crippen molar-refractivity contribution in [2.75, 3.05) is 6.61 Å². The summed E-state index contributed by atoms with van der Waals surface area (Å²) in [4.78, 5) is 4.57. The van der Waals surface area contributed by atoms with Gasteiger partial charge in [-0.1, -0.05) is 0 Å². The maximum absolute atomic E-state index is 8.89. The quantitative estimate of drug-likeness (QED) is 0.559. The Bertz CT molecular complexity index is 692. The molecule has 7 heteroatoms. The molecule has 6 nitrogen and oxygen atoms in total. The Morgan fingerprint density at radius 3 is 2.95 bits per heavy atom. The number of pyridine rings is 1. The number of halogens is 1. The predicted octanol–water partition coefficient (Wildman–Crippen LogP) is 1.44. The highest BCUT2D eigenvalue weighted by Gasteiger charge is 2.24. The lowest BCUT2D eigenvalue weighted by Gasteiger charge is -2.12. The number of aromatic nitrogens is 2. The van der Waals surface area contributed by atoms with Gasteiger partial charge in [0.15, 0.2) is 5.65 Å². The molecule has 2 aromatic rings. The number of nitrogens with two attached hydrogens (primary N) is 2. The number of nitrogens with zero attached hydrogens (tertiary/aromatic N) is 3. The summed E-state index contributed by atoms with van der Waals surface area (Å²) in [5, 5.41) is 10.3. The minimum Gasteiger partial charge on any atom is -0.399 e. The molecule has 5 N–H and O–H groups in total. The Kier molecular flexibility index (Phi) is 3.88. The summed E-state index contributed by atoms with van der Waals surface area (Å²) in [6.45, 7) is 0.211. The third-order valence-electron chi connectivity index (χ3n) is 3.48. The van der Waals surface area contributed by atoms with E-state index in [1.165, 1.54) is 29.6 Å². The molecule has 2 heterocycles. The number of imidazole rings is 1. The lowest BCUT2D eigenvalue weighted by molar-refractivity contribution is 0.317. The standard InChI is InChI=1S/C14H18BrN5O/c15-13-3-10(9-1-2-9)4-19-6-12(18-14(13)19)7-20(17)5-11(16)8-21/h3-6,9,21H,1-2,7-8,16-17H2/b11-5-. The first-order valence-corrected chi connectivity index (χ1v) is 7.61. The Morgan fingerprint density at radius 2 is 2.29 bits per heavy atom. The van der Waals surface area contributed by atoms with Gasteiger partial charge in [-0.2, -0.15) is 0 Å². The van der Waals surface area contributed by atoms with Crippen LogP contribution in [-0.2, 0) is 6.54 Å². The molecule has 0 unspecified atom stereocenters. The van der Waals surface area contributed by atoms with Gasteiger partial charge in [-0.25, -0.2) is 10.8 Å². The topological polar surface area (TPSA) is 92.8 Å². The number of hydrogen-bond acceptors (Lipinski definition) is 5. The molecule has 0 radical (unpaired) electrons. The first-order valence-electron chi connectivity index (χ1n) is 6.82. The van der Waals surface area contributed by atoms with E-state index in [0.29, 0.717) is 18.2 Å². The van der Waals surface area contributed by atoms with Crippen molar-refractivity contribution in [1.29, 1.82) is 0 Å². The minimum atomic E-state index is -0.213. The van der Waals surface area contributed by atoms with Gasteiger partial charge in [-0.3, -0.25) is 0 Å². The van der Waals surface area contributed by atoms with Crippen molar-refractivity contribution in [3.63, 3.8) is 0 Å². The van der Waals surface area contributed by atoms with Gasteiger partial charge in [0.05, 0.1) is 29.0 Å². The van der Waals surface area contributed by atoms with Gasteiger partial charge in [0.2, 0.25) is 0 Å². The average molecular weight is 352 g/mol. The Balaban J connectivity index is 1.85. The maximum atomic E-state index is 8.89. The van der Waals surface area contributed by atoms with Gasteiger partial charge in [0.1, 0.15) is 0 Å². The van der Waals surface area contributed by atoms with Crippen molar-refractivity contribution < 1.29 is 5.11 Å². The number of hydrazine groups is 1. The van der Waals surface area contributed by atoms with Crippen molar-refractivity contribution in [2.24, 2.45) is 11.6 Å². The van der Waals surface area contributed by atoms with Crippen LogP contribution < -0.4 is 11.6 Å². The second-order valence-electron chi connectivity index (χ2n) is 5.39. The van der Waals surface area contributed by atoms with Crippen LogP contribution in [0.2, 0.25) is 0 Å². The second-order valence-corrected chi connectivity index (χ2v) is 6.25. The van der Waals surface area contributed by atoms with Crippen molar-refractivity contribution >= 4 is 21.6 Å². The van der Waals surface area contributed by atoms with E-state index in [1.807, 2.05) is 10.6 Å². The number of rotatable bonds is 5. The summed E-state index contributed by atoms with van der Waals surface area (Å²) in [6, 6.07) is 2.15. The third-order valence-corrected chi connectivity index (χ3v) is 4.07. The molecule has 21 heavy (non-hydrogen) atoms. The van der Waals surface area contributed by atoms with E-state index in [0.717, 1.165) is 15.8 Å². The maximum Gasteiger partial charge on any atom is 0.151 e. The molecule has 112 valence electrons. The molecule has 0 amide bonds. The molecule has 2 aromatic heterocycles. The monoisotopic (exact) mass is 351 g/mol. The van der Waals surface area contributed by atoms with Crippen molar-refractivity contribution in [1.82, 2.24) is 14.4 Å². The van der Waals surface area contributed by atoms with E-state index in [4.69, 9.17) is 16.7 Å². The lowest BCUT2D eigenvalue weighted by atomic mass is 10.2. The SMILES string of the molecule is N/C(=C\N(N)Cc1cn2cc(C3CC3)cc(Br)c2n1)CO. The number of aliphatic hydroxyl groups excluding tert-OH is 1. The fourth-order valence-corrected chi connectivity index (χ4v) is 2.89. The average Bonchev–Trinajstić information content (AvgIpc) is 3.20. The largest absolute Gasteiger partial charge is 0.399 e. The van der Waals surface area contributed by atoms with E-state index < -0.39 is 0 Å². The van der Waals surface area contributed by atoms with E-state index in [9.17, 15) is 0 Å². The fraction of sp³-hybridized carbons (Fsp3) is 0.357. The van der Waals surface area contributed by atoms with Crippen LogP contribution >= 0.6 is 15.9 Å². The van der Waals surface area contributed by atoms with Crippen molar-refractivity contribution in [3.05, 3.63) is 46.1 Å². The normalized spacial score (nSPS) is 15.7. The molecule has 1 aliphatic carbocycles. The van der Waals surface area contributed by atoms with Crippen LogP contribution in [0.3, 0.4) is 0 Å². The molecule has 0 spiro atoms. The lowest BCUT2D eigenvalue weighted by Crippen LogP contribution is -2.26. The summed E-state index contributed by atoms with van der Waals surface area (Å²) >= 11 is 3.58. The first-order chi connectivity index (χ1) is 10.1. The van der Waals surface area contributed by atoms with Crippen LogP contribution in [-0.4, -0.2) is 26.1 Å². The Labute approximate surface area is 131 Å². The van der Waals surface area contributed by atoms with Gasteiger partial charge in [-0.15, -0.1) is 0 Å². The number of hydrogen-bond donors (Lipinski definition) is 3. The second kappa shape index (κ2) is 5.67. The van der Waals surface area contributed by atoms with Crippen LogP contribution in [0.1, 0.15) is 30.0 Å². The zero-order chi connectivity index (χ0) is 15.0. The van der Waals surface area contributed by atoms with Crippen LogP contribution in [0.4, 0.5) is 0 Å². The highest BCUT2D eigenvalue weighted by atomic mass is 79.9. The van der Waals surface area contributed by atoms with Crippen LogP contribution in [0, 0.1) is 0 Å². The summed E-state index contributed by atoms with van der Waals surface area (Å²) in [5.74, 6) is 6.52. The number of fused-ring (bicyclic) bond motifs is 1. The fourth-order valence-electron chi connectivity index (χ4n) is 2.33.